The molecule has 3 rings (SSSR count). The topological polar surface area (TPSA) is 29.3 Å². The van der Waals surface area contributed by atoms with Gasteiger partial charge >= 0.3 is 0 Å². The van der Waals surface area contributed by atoms with E-state index in [1.54, 1.807) is 0 Å². The Bertz CT molecular complexity index is 271. The van der Waals surface area contributed by atoms with E-state index in [4.69, 9.17) is 5.73 Å². The molecular formula is C17H32N2. The van der Waals surface area contributed by atoms with Crippen LogP contribution in [0.3, 0.4) is 0 Å². The molecule has 2 saturated carbocycles. The quantitative estimate of drug-likeness (QED) is 0.839. The predicted molar refractivity (Wildman–Crippen MR) is 81.2 cm³/mol. The molecule has 2 aliphatic carbocycles. The van der Waals surface area contributed by atoms with Crippen LogP contribution in [0.1, 0.15) is 77.0 Å². The molecule has 2 nitrogen and oxygen atoms in total. The third-order valence-corrected chi connectivity index (χ3v) is 6.21. The normalized spacial score (nSPS) is 30.8. The second kappa shape index (κ2) is 6.13. The monoisotopic (exact) mass is 264 g/mol. The Kier molecular flexibility index (Phi) is 4.48. The Morgan fingerprint density at radius 1 is 0.895 bits per heavy atom. The maximum atomic E-state index is 6.78. The lowest BCUT2D eigenvalue weighted by Crippen LogP contribution is -2.60. The van der Waals surface area contributed by atoms with Gasteiger partial charge in [-0.15, -0.1) is 0 Å². The summed E-state index contributed by atoms with van der Waals surface area (Å²) in [7, 11) is 0. The van der Waals surface area contributed by atoms with Gasteiger partial charge in [-0.1, -0.05) is 44.9 Å². The van der Waals surface area contributed by atoms with Crippen LogP contribution in [0.25, 0.3) is 0 Å². The molecule has 1 unspecified atom stereocenters. The molecule has 0 aromatic rings. The van der Waals surface area contributed by atoms with Crippen LogP contribution < -0.4 is 5.73 Å². The first kappa shape index (κ1) is 13.9. The number of hydrogen-bond acceptors (Lipinski definition) is 2. The number of rotatable bonds is 4. The van der Waals surface area contributed by atoms with E-state index in [0.717, 1.165) is 5.92 Å². The van der Waals surface area contributed by atoms with Crippen molar-refractivity contribution in [2.75, 3.05) is 13.1 Å². The van der Waals surface area contributed by atoms with Crippen molar-refractivity contribution in [1.29, 1.82) is 0 Å². The maximum absolute atomic E-state index is 6.78. The molecule has 0 amide bonds. The molecule has 0 spiro atoms. The van der Waals surface area contributed by atoms with E-state index in [9.17, 15) is 0 Å². The Morgan fingerprint density at radius 3 is 2.16 bits per heavy atom. The smallest absolute Gasteiger partial charge is 0.0360 e. The number of nitrogens with zero attached hydrogens (tertiary/aromatic N) is 1. The van der Waals surface area contributed by atoms with Gasteiger partial charge in [-0.25, -0.2) is 0 Å². The second-order valence-corrected chi connectivity index (χ2v) is 7.35. The fraction of sp³-hybridized carbons (Fsp3) is 1.00. The molecule has 110 valence electrons. The first-order chi connectivity index (χ1) is 9.31. The number of nitrogens with two attached hydrogens (primary N) is 1. The molecule has 0 radical (unpaired) electrons. The number of hydrogen-bond donors (Lipinski definition) is 1. The third-order valence-electron chi connectivity index (χ3n) is 6.21. The Morgan fingerprint density at radius 2 is 1.53 bits per heavy atom. The van der Waals surface area contributed by atoms with Crippen molar-refractivity contribution in [3.63, 3.8) is 0 Å². The molecule has 3 fully saturated rings. The van der Waals surface area contributed by atoms with Crippen molar-refractivity contribution in [3.8, 4) is 0 Å². The van der Waals surface area contributed by atoms with E-state index in [0.29, 0.717) is 11.6 Å². The van der Waals surface area contributed by atoms with Crippen LogP contribution in [0.15, 0.2) is 0 Å². The minimum atomic E-state index is 0.392. The maximum Gasteiger partial charge on any atom is 0.0360 e. The summed E-state index contributed by atoms with van der Waals surface area (Å²) >= 11 is 0. The molecule has 1 aliphatic heterocycles. The molecule has 0 bridgehead atoms. The van der Waals surface area contributed by atoms with E-state index >= 15 is 0 Å². The van der Waals surface area contributed by atoms with Gasteiger partial charge in [-0.05, 0) is 51.1 Å². The molecule has 1 heterocycles. The fourth-order valence-electron chi connectivity index (χ4n) is 5.07. The minimum absolute atomic E-state index is 0.392. The lowest BCUT2D eigenvalue weighted by molar-refractivity contribution is 0.0412. The van der Waals surface area contributed by atoms with E-state index in [-0.39, 0.29) is 0 Å². The van der Waals surface area contributed by atoms with Crippen LogP contribution in [0.4, 0.5) is 0 Å². The molecule has 1 atom stereocenters. The highest BCUT2D eigenvalue weighted by Gasteiger charge is 2.45. The van der Waals surface area contributed by atoms with Gasteiger partial charge in [-0.3, -0.25) is 4.90 Å². The SMILES string of the molecule is NC(CC1CCCC1)C1(N2CCCCC2)CCCC1. The van der Waals surface area contributed by atoms with E-state index < -0.39 is 0 Å². The summed E-state index contributed by atoms with van der Waals surface area (Å²) in [6.45, 7) is 2.64. The molecule has 0 aromatic carbocycles. The Balaban J connectivity index is 1.67. The van der Waals surface area contributed by atoms with Crippen LogP contribution in [0, 0.1) is 5.92 Å². The van der Waals surface area contributed by atoms with Crippen LogP contribution in [-0.2, 0) is 0 Å². The standard InChI is InChI=1S/C17H32N2/c18-16(14-15-8-2-3-9-15)17(10-4-5-11-17)19-12-6-1-7-13-19/h15-16H,1-14,18H2. The van der Waals surface area contributed by atoms with Gasteiger partial charge in [0.25, 0.3) is 0 Å². The highest BCUT2D eigenvalue weighted by Crippen LogP contribution is 2.42. The molecule has 2 heteroatoms. The predicted octanol–water partition coefficient (Wildman–Crippen LogP) is 3.69. The lowest BCUT2D eigenvalue weighted by Gasteiger charge is -2.48. The fourth-order valence-corrected chi connectivity index (χ4v) is 5.07. The average Bonchev–Trinajstić information content (AvgIpc) is 3.11. The summed E-state index contributed by atoms with van der Waals surface area (Å²) in [6, 6.07) is 0.441. The van der Waals surface area contributed by atoms with Gasteiger partial charge in [-0.2, -0.15) is 0 Å². The zero-order chi connectivity index (χ0) is 13.1. The largest absolute Gasteiger partial charge is 0.326 e. The Labute approximate surface area is 119 Å². The second-order valence-electron chi connectivity index (χ2n) is 7.35. The molecule has 3 aliphatic rings. The van der Waals surface area contributed by atoms with Crippen LogP contribution in [-0.4, -0.2) is 29.6 Å². The Hall–Kier alpha value is -0.0800. The number of piperidine rings is 1. The summed E-state index contributed by atoms with van der Waals surface area (Å²) in [4.78, 5) is 2.81. The third kappa shape index (κ3) is 2.85. The van der Waals surface area contributed by atoms with Crippen molar-refractivity contribution in [2.24, 2.45) is 11.7 Å². The summed E-state index contributed by atoms with van der Waals surface area (Å²) in [5, 5.41) is 0. The van der Waals surface area contributed by atoms with Crippen molar-refractivity contribution < 1.29 is 0 Å². The van der Waals surface area contributed by atoms with Gasteiger partial charge in [0.1, 0.15) is 0 Å². The van der Waals surface area contributed by atoms with Crippen molar-refractivity contribution >= 4 is 0 Å². The zero-order valence-electron chi connectivity index (χ0n) is 12.6. The van der Waals surface area contributed by atoms with Crippen molar-refractivity contribution in [1.82, 2.24) is 4.90 Å². The molecule has 19 heavy (non-hydrogen) atoms. The van der Waals surface area contributed by atoms with E-state index in [1.807, 2.05) is 0 Å². The first-order valence-corrected chi connectivity index (χ1v) is 8.82. The summed E-state index contributed by atoms with van der Waals surface area (Å²) in [6.07, 6.45) is 16.9. The minimum Gasteiger partial charge on any atom is -0.326 e. The number of likely N-dealkylation sites (tertiary alicyclic amines) is 1. The highest BCUT2D eigenvalue weighted by atomic mass is 15.2. The summed E-state index contributed by atoms with van der Waals surface area (Å²) in [5.41, 5.74) is 7.17. The first-order valence-electron chi connectivity index (χ1n) is 8.82. The van der Waals surface area contributed by atoms with Crippen LogP contribution in [0.2, 0.25) is 0 Å². The van der Waals surface area contributed by atoms with Crippen molar-refractivity contribution in [2.45, 2.75) is 88.6 Å². The lowest BCUT2D eigenvalue weighted by atomic mass is 9.80. The van der Waals surface area contributed by atoms with Gasteiger partial charge in [0.2, 0.25) is 0 Å². The van der Waals surface area contributed by atoms with Gasteiger partial charge in [0.15, 0.2) is 0 Å². The molecular weight excluding hydrogens is 232 g/mol. The molecule has 2 N–H and O–H groups in total. The summed E-state index contributed by atoms with van der Waals surface area (Å²) in [5.74, 6) is 0.942. The van der Waals surface area contributed by atoms with Gasteiger partial charge in [0, 0.05) is 11.6 Å². The molecule has 0 aromatic heterocycles. The van der Waals surface area contributed by atoms with Crippen molar-refractivity contribution in [3.05, 3.63) is 0 Å². The highest BCUT2D eigenvalue weighted by molar-refractivity contribution is 5.03. The summed E-state index contributed by atoms with van der Waals surface area (Å²) < 4.78 is 0. The average molecular weight is 264 g/mol. The van der Waals surface area contributed by atoms with Crippen LogP contribution >= 0.6 is 0 Å². The van der Waals surface area contributed by atoms with Gasteiger partial charge < -0.3 is 5.73 Å². The van der Waals surface area contributed by atoms with Gasteiger partial charge in [0.05, 0.1) is 0 Å². The zero-order valence-corrected chi connectivity index (χ0v) is 12.6. The van der Waals surface area contributed by atoms with Crippen LogP contribution in [0.5, 0.6) is 0 Å². The molecule has 1 saturated heterocycles. The van der Waals surface area contributed by atoms with E-state index in [2.05, 4.69) is 4.90 Å². The van der Waals surface area contributed by atoms with E-state index in [1.165, 1.54) is 90.1 Å².